The fourth-order valence-electron chi connectivity index (χ4n) is 3.02. The van der Waals surface area contributed by atoms with E-state index in [0.29, 0.717) is 12.4 Å². The number of nitrogens with one attached hydrogen (secondary N) is 1. The molecule has 0 radical (unpaired) electrons. The molecule has 0 spiro atoms. The van der Waals surface area contributed by atoms with Gasteiger partial charge in [0.2, 0.25) is 11.8 Å². The highest BCUT2D eigenvalue weighted by Gasteiger charge is 2.35. The van der Waals surface area contributed by atoms with Crippen LogP contribution < -0.4 is 10.2 Å². The van der Waals surface area contributed by atoms with E-state index in [0.717, 1.165) is 18.5 Å². The van der Waals surface area contributed by atoms with E-state index in [1.807, 2.05) is 18.2 Å². The Balaban J connectivity index is 1.63. The van der Waals surface area contributed by atoms with Crippen molar-refractivity contribution < 1.29 is 9.59 Å². The molecule has 25 heavy (non-hydrogen) atoms. The summed E-state index contributed by atoms with van der Waals surface area (Å²) in [4.78, 5) is 30.5. The van der Waals surface area contributed by atoms with Gasteiger partial charge in [-0.25, -0.2) is 4.98 Å². The Kier molecular flexibility index (Phi) is 5.43. The molecule has 1 fully saturated rings. The molecule has 0 bridgehead atoms. The van der Waals surface area contributed by atoms with E-state index in [-0.39, 0.29) is 24.2 Å². The fraction of sp³-hybridized carbons (Fsp3) is 0.350. The van der Waals surface area contributed by atoms with Gasteiger partial charge in [0.15, 0.2) is 0 Å². The number of amides is 2. The smallest absolute Gasteiger partial charge is 0.230 e. The Morgan fingerprint density at radius 2 is 2.04 bits per heavy atom. The van der Waals surface area contributed by atoms with Crippen molar-refractivity contribution in [2.75, 3.05) is 16.8 Å². The van der Waals surface area contributed by atoms with Crippen LogP contribution in [-0.2, 0) is 16.0 Å². The molecular formula is C20H23N3O2. The van der Waals surface area contributed by atoms with E-state index in [1.165, 1.54) is 12.0 Å². The molecular weight excluding hydrogens is 314 g/mol. The lowest BCUT2D eigenvalue weighted by molar-refractivity contribution is -0.122. The Morgan fingerprint density at radius 3 is 2.72 bits per heavy atom. The number of anilines is 2. The molecule has 1 aliphatic rings. The molecule has 1 atom stereocenters. The molecule has 1 N–H and O–H groups in total. The third kappa shape index (κ3) is 4.24. The van der Waals surface area contributed by atoms with Crippen molar-refractivity contribution in [3.8, 4) is 0 Å². The first-order valence-corrected chi connectivity index (χ1v) is 8.78. The van der Waals surface area contributed by atoms with E-state index in [4.69, 9.17) is 0 Å². The van der Waals surface area contributed by atoms with Crippen LogP contribution in [0.15, 0.2) is 48.7 Å². The van der Waals surface area contributed by atoms with Gasteiger partial charge in [0, 0.05) is 24.8 Å². The highest BCUT2D eigenvalue weighted by molar-refractivity contribution is 6.03. The second-order valence-corrected chi connectivity index (χ2v) is 6.38. The van der Waals surface area contributed by atoms with Crippen LogP contribution >= 0.6 is 0 Å². The summed E-state index contributed by atoms with van der Waals surface area (Å²) in [6.07, 6.45) is 5.25. The van der Waals surface area contributed by atoms with Crippen molar-refractivity contribution in [1.82, 2.24) is 4.98 Å². The van der Waals surface area contributed by atoms with Crippen LogP contribution in [0.1, 0.15) is 31.7 Å². The lowest BCUT2D eigenvalue weighted by Crippen LogP contribution is -2.28. The first-order chi connectivity index (χ1) is 12.2. The summed E-state index contributed by atoms with van der Waals surface area (Å²) in [5, 5.41) is 2.78. The van der Waals surface area contributed by atoms with E-state index < -0.39 is 0 Å². The summed E-state index contributed by atoms with van der Waals surface area (Å²) in [5.74, 6) is -0.00968. The molecule has 1 aromatic carbocycles. The monoisotopic (exact) mass is 337 g/mol. The second kappa shape index (κ2) is 7.92. The summed E-state index contributed by atoms with van der Waals surface area (Å²) in [6.45, 7) is 2.58. The average Bonchev–Trinajstić information content (AvgIpc) is 3.03. The van der Waals surface area contributed by atoms with Crippen molar-refractivity contribution >= 4 is 23.3 Å². The van der Waals surface area contributed by atoms with Crippen LogP contribution in [0.3, 0.4) is 0 Å². The first kappa shape index (κ1) is 17.1. The number of nitrogens with zero attached hydrogens (tertiary/aromatic N) is 2. The maximum atomic E-state index is 12.4. The van der Waals surface area contributed by atoms with Gasteiger partial charge in [-0.05, 0) is 42.7 Å². The van der Waals surface area contributed by atoms with Crippen molar-refractivity contribution in [2.24, 2.45) is 5.92 Å². The van der Waals surface area contributed by atoms with E-state index in [1.54, 1.807) is 23.2 Å². The Morgan fingerprint density at radius 1 is 1.24 bits per heavy atom. The molecule has 5 heteroatoms. The van der Waals surface area contributed by atoms with Gasteiger partial charge in [-0.2, -0.15) is 0 Å². The number of hydrogen-bond donors (Lipinski definition) is 1. The highest BCUT2D eigenvalue weighted by atomic mass is 16.2. The number of carbonyl (C=O) groups is 2. The van der Waals surface area contributed by atoms with Crippen LogP contribution in [0, 0.1) is 5.92 Å². The minimum atomic E-state index is -0.353. The van der Waals surface area contributed by atoms with Crippen LogP contribution in [-0.4, -0.2) is 23.3 Å². The largest absolute Gasteiger partial charge is 0.312 e. The number of carbonyl (C=O) groups excluding carboxylic acids is 2. The topological polar surface area (TPSA) is 62.3 Å². The number of rotatable bonds is 6. The maximum absolute atomic E-state index is 12.4. The Hall–Kier alpha value is -2.69. The van der Waals surface area contributed by atoms with E-state index >= 15 is 0 Å². The number of unbranched alkanes of at least 4 members (excludes halogenated alkanes) is 1. The van der Waals surface area contributed by atoms with Crippen molar-refractivity contribution in [1.29, 1.82) is 0 Å². The minimum absolute atomic E-state index is 0.0116. The summed E-state index contributed by atoms with van der Waals surface area (Å²) < 4.78 is 0. The molecule has 2 heterocycles. The van der Waals surface area contributed by atoms with Crippen molar-refractivity contribution in [3.63, 3.8) is 0 Å². The van der Waals surface area contributed by atoms with Crippen LogP contribution in [0.25, 0.3) is 0 Å². The van der Waals surface area contributed by atoms with Gasteiger partial charge in [-0.15, -0.1) is 0 Å². The average molecular weight is 337 g/mol. The molecule has 0 aliphatic carbocycles. The molecule has 3 rings (SSSR count). The molecule has 1 saturated heterocycles. The lowest BCUT2D eigenvalue weighted by Gasteiger charge is -2.17. The number of benzene rings is 1. The lowest BCUT2D eigenvalue weighted by atomic mass is 10.1. The molecule has 2 aromatic rings. The third-order valence-electron chi connectivity index (χ3n) is 4.48. The van der Waals surface area contributed by atoms with E-state index in [2.05, 4.69) is 29.4 Å². The van der Waals surface area contributed by atoms with Gasteiger partial charge in [0.05, 0.1) is 5.92 Å². The summed E-state index contributed by atoms with van der Waals surface area (Å²) in [7, 11) is 0. The van der Waals surface area contributed by atoms with Crippen molar-refractivity contribution in [2.45, 2.75) is 32.6 Å². The molecule has 1 aromatic heterocycles. The van der Waals surface area contributed by atoms with Crippen LogP contribution in [0.2, 0.25) is 0 Å². The third-order valence-corrected chi connectivity index (χ3v) is 4.48. The number of aromatic nitrogens is 1. The predicted molar refractivity (Wildman–Crippen MR) is 98.4 cm³/mol. The molecule has 130 valence electrons. The van der Waals surface area contributed by atoms with Gasteiger partial charge in [-0.1, -0.05) is 31.5 Å². The van der Waals surface area contributed by atoms with Gasteiger partial charge in [0.1, 0.15) is 5.82 Å². The highest BCUT2D eigenvalue weighted by Crippen LogP contribution is 2.26. The molecule has 2 amide bonds. The molecule has 0 saturated carbocycles. The number of pyridine rings is 1. The zero-order chi connectivity index (χ0) is 17.6. The molecule has 1 aliphatic heterocycles. The Labute approximate surface area is 148 Å². The normalized spacial score (nSPS) is 16.9. The number of hydrogen-bond acceptors (Lipinski definition) is 3. The molecule has 0 unspecified atom stereocenters. The standard InChI is InChI=1S/C20H23N3O2/c1-2-3-6-15-8-10-17(11-9-15)23-14-16(13-19(23)24)20(25)22-18-7-4-5-12-21-18/h4-5,7-12,16H,2-3,6,13-14H2,1H3,(H,21,22,25)/t16-/m1/s1. The minimum Gasteiger partial charge on any atom is -0.312 e. The Bertz CT molecular complexity index is 728. The van der Waals surface area contributed by atoms with Gasteiger partial charge >= 0.3 is 0 Å². The summed E-state index contributed by atoms with van der Waals surface area (Å²) in [6, 6.07) is 13.4. The van der Waals surface area contributed by atoms with Crippen LogP contribution in [0.5, 0.6) is 0 Å². The number of aryl methyl sites for hydroxylation is 1. The summed E-state index contributed by atoms with van der Waals surface area (Å²) >= 11 is 0. The second-order valence-electron chi connectivity index (χ2n) is 6.38. The maximum Gasteiger partial charge on any atom is 0.230 e. The predicted octanol–water partition coefficient (Wildman–Crippen LogP) is 3.42. The first-order valence-electron chi connectivity index (χ1n) is 8.78. The van der Waals surface area contributed by atoms with Crippen LogP contribution in [0.4, 0.5) is 11.5 Å². The van der Waals surface area contributed by atoms with Crippen molar-refractivity contribution in [3.05, 3.63) is 54.2 Å². The molecule has 5 nitrogen and oxygen atoms in total. The van der Waals surface area contributed by atoms with E-state index in [9.17, 15) is 9.59 Å². The SMILES string of the molecule is CCCCc1ccc(N2C[C@H](C(=O)Nc3ccccn3)CC2=O)cc1. The fourth-order valence-corrected chi connectivity index (χ4v) is 3.02. The van der Waals surface area contributed by atoms with Gasteiger partial charge in [-0.3, -0.25) is 9.59 Å². The quantitative estimate of drug-likeness (QED) is 0.878. The zero-order valence-corrected chi connectivity index (χ0v) is 14.4. The summed E-state index contributed by atoms with van der Waals surface area (Å²) in [5.41, 5.74) is 2.14. The zero-order valence-electron chi connectivity index (χ0n) is 14.4. The van der Waals surface area contributed by atoms with Gasteiger partial charge < -0.3 is 10.2 Å². The van der Waals surface area contributed by atoms with Gasteiger partial charge in [0.25, 0.3) is 0 Å².